The summed E-state index contributed by atoms with van der Waals surface area (Å²) in [5, 5.41) is 10.3. The Morgan fingerprint density at radius 3 is 2.75 bits per heavy atom. The smallest absolute Gasteiger partial charge is 0.170 e. The third-order valence-electron chi connectivity index (χ3n) is 5.24. The van der Waals surface area contributed by atoms with Crippen LogP contribution in [0.1, 0.15) is 11.5 Å². The third-order valence-corrected chi connectivity index (χ3v) is 5.24. The average molecular weight is 381 g/mol. The predicted octanol–water partition coefficient (Wildman–Crippen LogP) is 2.27. The van der Waals surface area contributed by atoms with Gasteiger partial charge in [-0.15, -0.1) is 0 Å². The molecule has 1 aromatic carbocycles. The van der Waals surface area contributed by atoms with Gasteiger partial charge in [-0.05, 0) is 19.1 Å². The van der Waals surface area contributed by atoms with Crippen molar-refractivity contribution < 1.29 is 8.91 Å². The molecule has 0 saturated carbocycles. The summed E-state index contributed by atoms with van der Waals surface area (Å²) in [5.41, 5.74) is 2.19. The molecule has 0 radical (unpaired) electrons. The summed E-state index contributed by atoms with van der Waals surface area (Å²) in [6, 6.07) is 4.55. The second-order valence-electron chi connectivity index (χ2n) is 7.13. The van der Waals surface area contributed by atoms with Crippen molar-refractivity contribution in [2.45, 2.75) is 13.5 Å². The Hall–Kier alpha value is -3.07. The van der Waals surface area contributed by atoms with E-state index in [9.17, 15) is 4.39 Å². The summed E-state index contributed by atoms with van der Waals surface area (Å²) < 4.78 is 20.4. The van der Waals surface area contributed by atoms with Gasteiger partial charge in [0.1, 0.15) is 23.2 Å². The van der Waals surface area contributed by atoms with Gasteiger partial charge in [-0.3, -0.25) is 9.58 Å². The fourth-order valence-corrected chi connectivity index (χ4v) is 3.76. The van der Waals surface area contributed by atoms with E-state index in [0.29, 0.717) is 12.1 Å². The molecule has 1 aliphatic rings. The van der Waals surface area contributed by atoms with Gasteiger partial charge in [-0.2, -0.15) is 5.10 Å². The van der Waals surface area contributed by atoms with E-state index in [1.807, 2.05) is 20.2 Å². The lowest BCUT2D eigenvalue weighted by molar-refractivity contribution is 0.243. The molecule has 0 bridgehead atoms. The summed E-state index contributed by atoms with van der Waals surface area (Å²) in [7, 11) is 1.89. The number of halogens is 1. The number of aromatic nitrogens is 5. The summed E-state index contributed by atoms with van der Waals surface area (Å²) in [4.78, 5) is 13.8. The fraction of sp³-hybridized carbons (Fsp3) is 0.368. The van der Waals surface area contributed by atoms with E-state index in [1.165, 1.54) is 12.1 Å². The van der Waals surface area contributed by atoms with Crippen molar-refractivity contribution in [1.29, 1.82) is 0 Å². The molecule has 0 aliphatic carbocycles. The number of hydrogen-bond donors (Lipinski definition) is 0. The van der Waals surface area contributed by atoms with Crippen LogP contribution in [0.25, 0.3) is 22.0 Å². The first-order chi connectivity index (χ1) is 13.6. The molecule has 4 heterocycles. The minimum absolute atomic E-state index is 0.314. The van der Waals surface area contributed by atoms with E-state index in [1.54, 1.807) is 10.7 Å². The highest BCUT2D eigenvalue weighted by atomic mass is 19.1. The van der Waals surface area contributed by atoms with Crippen LogP contribution in [0.3, 0.4) is 0 Å². The summed E-state index contributed by atoms with van der Waals surface area (Å²) in [6.07, 6.45) is 1.83. The molecule has 5 rings (SSSR count). The minimum atomic E-state index is -0.314. The molecule has 0 unspecified atom stereocenters. The van der Waals surface area contributed by atoms with Crippen LogP contribution in [0.4, 0.5) is 10.2 Å². The molecule has 1 saturated heterocycles. The molecule has 0 spiro atoms. The molecule has 4 aromatic rings. The van der Waals surface area contributed by atoms with E-state index in [4.69, 9.17) is 4.52 Å². The molecular weight excluding hydrogens is 361 g/mol. The van der Waals surface area contributed by atoms with E-state index in [-0.39, 0.29) is 5.82 Å². The first-order valence-corrected chi connectivity index (χ1v) is 9.26. The lowest BCUT2D eigenvalue weighted by Gasteiger charge is -2.35. The van der Waals surface area contributed by atoms with Crippen molar-refractivity contribution in [3.8, 4) is 0 Å². The number of piperazine rings is 1. The van der Waals surface area contributed by atoms with Crippen LogP contribution in [-0.4, -0.2) is 56.0 Å². The zero-order chi connectivity index (χ0) is 19.3. The quantitative estimate of drug-likeness (QED) is 0.539. The SMILES string of the molecule is Cc1nc(N2CCN(Cc3noc4cc(F)ccc34)CC2)c2cnn(C)c2n1. The number of benzene rings is 1. The Morgan fingerprint density at radius 1 is 1.11 bits per heavy atom. The maximum absolute atomic E-state index is 13.3. The van der Waals surface area contributed by atoms with E-state index in [0.717, 1.165) is 59.9 Å². The lowest BCUT2D eigenvalue weighted by atomic mass is 10.2. The van der Waals surface area contributed by atoms with Crippen LogP contribution in [0.15, 0.2) is 28.9 Å². The monoisotopic (exact) mass is 381 g/mol. The van der Waals surface area contributed by atoms with Gasteiger partial charge in [-0.25, -0.2) is 14.4 Å². The Balaban J connectivity index is 1.33. The van der Waals surface area contributed by atoms with Crippen LogP contribution in [-0.2, 0) is 13.6 Å². The van der Waals surface area contributed by atoms with E-state index >= 15 is 0 Å². The first kappa shape index (κ1) is 17.1. The molecule has 28 heavy (non-hydrogen) atoms. The topological polar surface area (TPSA) is 76.1 Å². The average Bonchev–Trinajstić information content (AvgIpc) is 3.25. The molecule has 1 fully saturated rings. The van der Waals surface area contributed by atoms with Crippen LogP contribution in [0.2, 0.25) is 0 Å². The second-order valence-corrected chi connectivity index (χ2v) is 7.13. The number of anilines is 1. The van der Waals surface area contributed by atoms with Crippen LogP contribution >= 0.6 is 0 Å². The maximum Gasteiger partial charge on any atom is 0.170 e. The summed E-state index contributed by atoms with van der Waals surface area (Å²) in [5.74, 6) is 1.37. The Bertz CT molecular complexity index is 1160. The number of rotatable bonds is 3. The fourth-order valence-electron chi connectivity index (χ4n) is 3.76. The van der Waals surface area contributed by atoms with Gasteiger partial charge >= 0.3 is 0 Å². The molecule has 0 atom stereocenters. The Kier molecular flexibility index (Phi) is 3.97. The molecule has 8 nitrogen and oxygen atoms in total. The van der Waals surface area contributed by atoms with Gasteiger partial charge in [0.05, 0.1) is 11.6 Å². The van der Waals surface area contributed by atoms with Crippen LogP contribution in [0.5, 0.6) is 0 Å². The van der Waals surface area contributed by atoms with Gasteiger partial charge in [0.2, 0.25) is 0 Å². The summed E-state index contributed by atoms with van der Waals surface area (Å²) >= 11 is 0. The Labute approximate surface area is 160 Å². The van der Waals surface area contributed by atoms with Crippen molar-refractivity contribution in [2.75, 3.05) is 31.1 Å². The number of nitrogens with zero attached hydrogens (tertiary/aromatic N) is 7. The highest BCUT2D eigenvalue weighted by molar-refractivity contribution is 5.87. The van der Waals surface area contributed by atoms with Gasteiger partial charge in [0, 0.05) is 51.2 Å². The first-order valence-electron chi connectivity index (χ1n) is 9.26. The van der Waals surface area contributed by atoms with Crippen molar-refractivity contribution in [2.24, 2.45) is 7.05 Å². The minimum Gasteiger partial charge on any atom is -0.356 e. The standard InChI is InChI=1S/C19H20FN7O/c1-12-22-18-15(10-21-25(18)2)19(23-12)27-7-5-26(6-8-27)11-16-14-4-3-13(20)9-17(14)28-24-16/h3-4,9-10H,5-8,11H2,1-2H3. The third kappa shape index (κ3) is 2.88. The molecular formula is C19H20FN7O. The van der Waals surface area contributed by atoms with Crippen molar-refractivity contribution in [3.63, 3.8) is 0 Å². The Morgan fingerprint density at radius 2 is 1.93 bits per heavy atom. The lowest BCUT2D eigenvalue weighted by Crippen LogP contribution is -2.46. The van der Waals surface area contributed by atoms with E-state index in [2.05, 4.69) is 30.0 Å². The normalized spacial score (nSPS) is 15.8. The van der Waals surface area contributed by atoms with Gasteiger partial charge in [0.25, 0.3) is 0 Å². The zero-order valence-corrected chi connectivity index (χ0v) is 15.8. The van der Waals surface area contributed by atoms with E-state index < -0.39 is 0 Å². The van der Waals surface area contributed by atoms with Crippen molar-refractivity contribution in [3.05, 3.63) is 41.7 Å². The molecule has 144 valence electrons. The highest BCUT2D eigenvalue weighted by Gasteiger charge is 2.23. The van der Waals surface area contributed by atoms with Crippen LogP contribution < -0.4 is 4.90 Å². The molecule has 3 aromatic heterocycles. The molecule has 9 heteroatoms. The summed E-state index contributed by atoms with van der Waals surface area (Å²) in [6.45, 7) is 6.04. The maximum atomic E-state index is 13.3. The number of aryl methyl sites for hydroxylation is 2. The van der Waals surface area contributed by atoms with Gasteiger partial charge < -0.3 is 9.42 Å². The van der Waals surface area contributed by atoms with Crippen LogP contribution in [0, 0.1) is 12.7 Å². The number of fused-ring (bicyclic) bond motifs is 2. The number of hydrogen-bond acceptors (Lipinski definition) is 7. The highest BCUT2D eigenvalue weighted by Crippen LogP contribution is 2.25. The van der Waals surface area contributed by atoms with Crippen molar-refractivity contribution in [1.82, 2.24) is 29.8 Å². The molecule has 1 aliphatic heterocycles. The largest absolute Gasteiger partial charge is 0.356 e. The molecule has 0 N–H and O–H groups in total. The van der Waals surface area contributed by atoms with Gasteiger partial charge in [0.15, 0.2) is 11.2 Å². The predicted molar refractivity (Wildman–Crippen MR) is 102 cm³/mol. The van der Waals surface area contributed by atoms with Crippen molar-refractivity contribution >= 4 is 27.8 Å². The second kappa shape index (κ2) is 6.52. The van der Waals surface area contributed by atoms with Gasteiger partial charge in [-0.1, -0.05) is 5.16 Å². The molecule has 0 amide bonds. The zero-order valence-electron chi connectivity index (χ0n) is 15.8.